The summed E-state index contributed by atoms with van der Waals surface area (Å²) in [6.45, 7) is 2.18. The minimum atomic E-state index is -1.18. The van der Waals surface area contributed by atoms with E-state index in [0.29, 0.717) is 24.9 Å². The lowest BCUT2D eigenvalue weighted by molar-refractivity contribution is -0.150. The van der Waals surface area contributed by atoms with E-state index in [0.717, 1.165) is 18.5 Å². The fourth-order valence-corrected chi connectivity index (χ4v) is 5.39. The number of anilines is 1. The van der Waals surface area contributed by atoms with Gasteiger partial charge < -0.3 is 30.7 Å². The van der Waals surface area contributed by atoms with Crippen LogP contribution in [0, 0.1) is 0 Å². The van der Waals surface area contributed by atoms with Gasteiger partial charge in [0.15, 0.2) is 0 Å². The number of hydrogen-bond donors (Lipinski definition) is 4. The first-order valence-electron chi connectivity index (χ1n) is 14.6. The lowest BCUT2D eigenvalue weighted by atomic mass is 10.1. The van der Waals surface area contributed by atoms with Crippen molar-refractivity contribution < 1.29 is 33.8 Å². The zero-order valence-electron chi connectivity index (χ0n) is 24.2. The van der Waals surface area contributed by atoms with Gasteiger partial charge in [-0.1, -0.05) is 48.5 Å². The maximum atomic E-state index is 13.6. The predicted octanol–water partition coefficient (Wildman–Crippen LogP) is 1.05. The minimum absolute atomic E-state index is 0.183. The molecular weight excluding hydrogens is 554 g/mol. The predicted molar refractivity (Wildman–Crippen MR) is 158 cm³/mol. The van der Waals surface area contributed by atoms with E-state index in [1.807, 2.05) is 30.3 Å². The number of aliphatic carboxylic acids is 1. The summed E-state index contributed by atoms with van der Waals surface area (Å²) in [6.07, 6.45) is 2.41. The highest BCUT2D eigenvalue weighted by Crippen LogP contribution is 2.20. The maximum Gasteiger partial charge on any atom is 0.326 e. The molecule has 2 aromatic carbocycles. The molecule has 4 amide bonds. The van der Waals surface area contributed by atoms with Crippen molar-refractivity contribution in [3.63, 3.8) is 0 Å². The smallest absolute Gasteiger partial charge is 0.326 e. The van der Waals surface area contributed by atoms with Gasteiger partial charge in [-0.2, -0.15) is 0 Å². The molecule has 230 valence electrons. The van der Waals surface area contributed by atoms with Crippen LogP contribution in [0.15, 0.2) is 60.7 Å². The van der Waals surface area contributed by atoms with Crippen LogP contribution >= 0.6 is 0 Å². The molecule has 0 saturated carbocycles. The van der Waals surface area contributed by atoms with E-state index < -0.39 is 41.8 Å². The van der Waals surface area contributed by atoms with Gasteiger partial charge in [-0.25, -0.2) is 4.79 Å². The summed E-state index contributed by atoms with van der Waals surface area (Å²) in [5.74, 6) is -3.09. The maximum absolute atomic E-state index is 13.6. The summed E-state index contributed by atoms with van der Waals surface area (Å²) in [4.78, 5) is 67.5. The van der Waals surface area contributed by atoms with Gasteiger partial charge in [0.25, 0.3) is 0 Å². The minimum Gasteiger partial charge on any atom is -0.480 e. The Hall–Kier alpha value is -4.29. The van der Waals surface area contributed by atoms with Gasteiger partial charge in [0, 0.05) is 12.2 Å². The van der Waals surface area contributed by atoms with Crippen LogP contribution in [0.5, 0.6) is 0 Å². The number of nitrogens with zero attached hydrogens (tertiary/aromatic N) is 2. The normalized spacial score (nSPS) is 19.3. The van der Waals surface area contributed by atoms with Crippen molar-refractivity contribution in [3.8, 4) is 0 Å². The fraction of sp³-hybridized carbons (Fsp3) is 0.452. The third-order valence-corrected chi connectivity index (χ3v) is 7.69. The molecule has 2 aliphatic heterocycles. The molecule has 2 heterocycles. The Kier molecular flexibility index (Phi) is 11.2. The van der Waals surface area contributed by atoms with E-state index in [4.69, 9.17) is 4.74 Å². The molecule has 12 heteroatoms. The first-order valence-corrected chi connectivity index (χ1v) is 14.6. The van der Waals surface area contributed by atoms with E-state index in [1.54, 1.807) is 30.3 Å². The highest BCUT2D eigenvalue weighted by Gasteiger charge is 2.39. The van der Waals surface area contributed by atoms with Crippen LogP contribution in [0.2, 0.25) is 0 Å². The zero-order valence-corrected chi connectivity index (χ0v) is 24.2. The van der Waals surface area contributed by atoms with E-state index in [-0.39, 0.29) is 38.3 Å². The molecule has 0 radical (unpaired) electrons. The third-order valence-electron chi connectivity index (χ3n) is 7.69. The van der Waals surface area contributed by atoms with Gasteiger partial charge >= 0.3 is 5.97 Å². The highest BCUT2D eigenvalue weighted by atomic mass is 16.5. The van der Waals surface area contributed by atoms with Crippen molar-refractivity contribution in [3.05, 3.63) is 66.2 Å². The molecule has 0 bridgehead atoms. The molecule has 12 nitrogen and oxygen atoms in total. The van der Waals surface area contributed by atoms with Crippen molar-refractivity contribution in [2.75, 3.05) is 31.1 Å². The monoisotopic (exact) mass is 593 g/mol. The van der Waals surface area contributed by atoms with Crippen LogP contribution in [0.25, 0.3) is 0 Å². The molecule has 0 aromatic heterocycles. The van der Waals surface area contributed by atoms with E-state index in [9.17, 15) is 29.1 Å². The molecule has 43 heavy (non-hydrogen) atoms. The molecule has 2 aromatic rings. The summed E-state index contributed by atoms with van der Waals surface area (Å²) >= 11 is 0. The number of para-hydroxylation sites is 1. The van der Waals surface area contributed by atoms with Crippen molar-refractivity contribution in [1.82, 2.24) is 20.9 Å². The second-order valence-electron chi connectivity index (χ2n) is 10.7. The lowest BCUT2D eigenvalue weighted by Crippen LogP contribution is -2.58. The molecule has 4 unspecified atom stereocenters. The van der Waals surface area contributed by atoms with Gasteiger partial charge in [0.2, 0.25) is 23.6 Å². The summed E-state index contributed by atoms with van der Waals surface area (Å²) in [6, 6.07) is 14.3. The van der Waals surface area contributed by atoms with Crippen LogP contribution in [-0.4, -0.2) is 90.0 Å². The van der Waals surface area contributed by atoms with Crippen molar-refractivity contribution in [2.24, 2.45) is 0 Å². The number of hydrogen-bond acceptors (Lipinski definition) is 7. The Morgan fingerprint density at radius 2 is 1.72 bits per heavy atom. The van der Waals surface area contributed by atoms with Crippen molar-refractivity contribution in [1.29, 1.82) is 0 Å². The summed E-state index contributed by atoms with van der Waals surface area (Å²) in [7, 11) is 0. The largest absolute Gasteiger partial charge is 0.480 e. The van der Waals surface area contributed by atoms with Crippen molar-refractivity contribution >= 4 is 35.3 Å². The van der Waals surface area contributed by atoms with Crippen LogP contribution in [-0.2, 0) is 35.3 Å². The number of rotatable bonds is 13. The van der Waals surface area contributed by atoms with Crippen LogP contribution in [0.4, 0.5) is 5.69 Å². The Balaban J connectivity index is 1.49. The summed E-state index contributed by atoms with van der Waals surface area (Å²) in [5, 5.41) is 18.1. The molecule has 4 atom stereocenters. The average Bonchev–Trinajstić information content (AvgIpc) is 3.73. The van der Waals surface area contributed by atoms with Crippen LogP contribution in [0.1, 0.15) is 38.2 Å². The Morgan fingerprint density at radius 3 is 2.37 bits per heavy atom. The second kappa shape index (κ2) is 15.3. The molecule has 0 aliphatic carbocycles. The molecular formula is C31H39N5O7. The van der Waals surface area contributed by atoms with E-state index in [2.05, 4.69) is 16.0 Å². The summed E-state index contributed by atoms with van der Waals surface area (Å²) in [5.41, 5.74) is 1.31. The lowest BCUT2D eigenvalue weighted by Gasteiger charge is -2.31. The first kappa shape index (κ1) is 31.6. The molecule has 4 N–H and O–H groups in total. The number of amides is 4. The van der Waals surface area contributed by atoms with Gasteiger partial charge in [-0.05, 0) is 56.8 Å². The third kappa shape index (κ3) is 8.39. The first-order chi connectivity index (χ1) is 20.8. The Labute approximate surface area is 250 Å². The average molecular weight is 594 g/mol. The number of ether oxygens (including phenoxy) is 1. The van der Waals surface area contributed by atoms with Crippen LogP contribution < -0.4 is 20.9 Å². The van der Waals surface area contributed by atoms with Gasteiger partial charge in [0.05, 0.1) is 25.8 Å². The van der Waals surface area contributed by atoms with Crippen LogP contribution in [0.3, 0.4) is 0 Å². The number of benzene rings is 2. The summed E-state index contributed by atoms with van der Waals surface area (Å²) < 4.78 is 5.80. The number of carbonyl (C=O) groups is 5. The molecule has 4 rings (SSSR count). The van der Waals surface area contributed by atoms with Crippen molar-refractivity contribution in [2.45, 2.75) is 63.4 Å². The number of carboxylic acid groups (broad SMARTS) is 1. The molecule has 2 saturated heterocycles. The number of likely N-dealkylation sites (tertiary alicyclic amines) is 1. The van der Waals surface area contributed by atoms with Gasteiger partial charge in [0.1, 0.15) is 18.1 Å². The number of carboxylic acids is 1. The fourth-order valence-electron chi connectivity index (χ4n) is 5.39. The topological polar surface area (TPSA) is 157 Å². The molecule has 2 fully saturated rings. The quantitative estimate of drug-likeness (QED) is 0.269. The Bertz CT molecular complexity index is 1270. The molecule has 2 aliphatic rings. The highest BCUT2D eigenvalue weighted by molar-refractivity contribution is 6.03. The standard InChI is InChI=1S/C31H39N5O7/c1-21(36(23-12-6-3-7-13-23)27(37)18-33-29(39)24-14-8-16-32-24)28(38)34-25(20-43-19-22-10-4-2-5-11-22)30(40)35-17-9-15-26(35)31(41)42/h2-7,10-13,21,24-26,32H,8-9,14-20H2,1H3,(H,33,39)(H,34,38)(H,41,42). The van der Waals surface area contributed by atoms with E-state index >= 15 is 0 Å². The number of nitrogens with one attached hydrogen (secondary N) is 3. The molecule has 0 spiro atoms. The second-order valence-corrected chi connectivity index (χ2v) is 10.7. The number of carbonyl (C=O) groups excluding carboxylic acids is 4. The van der Waals surface area contributed by atoms with E-state index in [1.165, 1.54) is 16.7 Å². The zero-order chi connectivity index (χ0) is 30.8. The van der Waals surface area contributed by atoms with Gasteiger partial charge in [-0.3, -0.25) is 24.1 Å². The Morgan fingerprint density at radius 1 is 1.02 bits per heavy atom. The van der Waals surface area contributed by atoms with Gasteiger partial charge in [-0.15, -0.1) is 0 Å². The SMILES string of the molecule is CC(C(=O)NC(COCc1ccccc1)C(=O)N1CCCC1C(=O)O)N(C(=O)CNC(=O)C1CCCN1)c1ccccc1.